The van der Waals surface area contributed by atoms with E-state index in [4.69, 9.17) is 9.97 Å². The molecule has 0 saturated carbocycles. The standard InChI is InChI=1S/C26H12Br4N2/c27-19-7-3-1-5-13(19)15-9-21(29)25-23-17(15)11-31-26-22(30)10-16(18(12-32-25)24(23)26)14-6-2-4-8-20(14)28/h1-12H. The molecule has 6 aromatic rings. The van der Waals surface area contributed by atoms with Gasteiger partial charge in [-0.3, -0.25) is 9.97 Å². The number of benzene rings is 4. The van der Waals surface area contributed by atoms with E-state index in [1.54, 1.807) is 0 Å². The molecular weight excluding hydrogens is 660 g/mol. The highest BCUT2D eigenvalue weighted by molar-refractivity contribution is 9.11. The Bertz CT molecular complexity index is 1550. The van der Waals surface area contributed by atoms with Crippen LogP contribution in [0.25, 0.3) is 54.8 Å². The molecule has 154 valence electrons. The smallest absolute Gasteiger partial charge is 0.0858 e. The molecular formula is C26H12Br4N2. The van der Waals surface area contributed by atoms with Crippen LogP contribution in [0.2, 0.25) is 0 Å². The molecule has 0 aliphatic carbocycles. The second-order valence-corrected chi connectivity index (χ2v) is 11.0. The molecule has 0 amide bonds. The minimum Gasteiger partial charge on any atom is -0.254 e. The van der Waals surface area contributed by atoms with Crippen LogP contribution in [-0.2, 0) is 0 Å². The molecule has 0 fully saturated rings. The van der Waals surface area contributed by atoms with E-state index in [-0.39, 0.29) is 0 Å². The summed E-state index contributed by atoms with van der Waals surface area (Å²) < 4.78 is 4.02. The van der Waals surface area contributed by atoms with E-state index in [0.29, 0.717) is 0 Å². The SMILES string of the molecule is Brc1ccccc1-c1cc(Br)c2ncc3c(-c4ccccc4Br)cc(Br)c4ncc1c2c34. The zero-order valence-corrected chi connectivity index (χ0v) is 22.7. The van der Waals surface area contributed by atoms with E-state index in [1.807, 2.05) is 24.5 Å². The van der Waals surface area contributed by atoms with Crippen LogP contribution < -0.4 is 0 Å². The van der Waals surface area contributed by atoms with Gasteiger partial charge in [0.1, 0.15) is 0 Å². The second kappa shape index (κ2) is 7.87. The van der Waals surface area contributed by atoms with Crippen molar-refractivity contribution in [2.45, 2.75) is 0 Å². The lowest BCUT2D eigenvalue weighted by atomic mass is 9.92. The fourth-order valence-electron chi connectivity index (χ4n) is 4.40. The number of halogens is 4. The van der Waals surface area contributed by atoms with Crippen LogP contribution in [0.15, 0.2) is 90.9 Å². The van der Waals surface area contributed by atoms with Crippen molar-refractivity contribution >= 4 is 96.3 Å². The molecule has 0 unspecified atom stereocenters. The predicted octanol–water partition coefficient (Wildman–Crippen LogP) is 9.76. The van der Waals surface area contributed by atoms with Crippen LogP contribution in [0.4, 0.5) is 0 Å². The number of rotatable bonds is 2. The summed E-state index contributed by atoms with van der Waals surface area (Å²) in [5, 5.41) is 4.39. The molecule has 6 heteroatoms. The van der Waals surface area contributed by atoms with Gasteiger partial charge in [-0.2, -0.15) is 0 Å². The molecule has 0 N–H and O–H groups in total. The quantitative estimate of drug-likeness (QED) is 0.171. The molecule has 2 aromatic heterocycles. The highest BCUT2D eigenvalue weighted by Crippen LogP contribution is 2.46. The maximum atomic E-state index is 4.90. The van der Waals surface area contributed by atoms with Gasteiger partial charge < -0.3 is 0 Å². The first kappa shape index (κ1) is 20.7. The van der Waals surface area contributed by atoms with Crippen molar-refractivity contribution in [3.05, 3.63) is 90.9 Å². The van der Waals surface area contributed by atoms with Gasteiger partial charge in [0.15, 0.2) is 0 Å². The molecule has 0 atom stereocenters. The van der Waals surface area contributed by atoms with Crippen LogP contribution in [0.5, 0.6) is 0 Å². The molecule has 6 rings (SSSR count). The van der Waals surface area contributed by atoms with Gasteiger partial charge >= 0.3 is 0 Å². The van der Waals surface area contributed by atoms with Crippen LogP contribution in [0.3, 0.4) is 0 Å². The molecule has 0 bridgehead atoms. The lowest BCUT2D eigenvalue weighted by Crippen LogP contribution is -1.95. The first-order valence-electron chi connectivity index (χ1n) is 9.86. The lowest BCUT2D eigenvalue weighted by molar-refractivity contribution is 1.39. The van der Waals surface area contributed by atoms with Gasteiger partial charge in [0.25, 0.3) is 0 Å². The maximum absolute atomic E-state index is 4.90. The number of nitrogens with zero attached hydrogens (tertiary/aromatic N) is 2. The summed E-state index contributed by atoms with van der Waals surface area (Å²) in [7, 11) is 0. The Labute approximate surface area is 217 Å². The van der Waals surface area contributed by atoms with Crippen LogP contribution in [0.1, 0.15) is 0 Å². The minimum atomic E-state index is 0.937. The Morgan fingerprint density at radius 2 is 0.875 bits per heavy atom. The van der Waals surface area contributed by atoms with Gasteiger partial charge in [-0.05, 0) is 78.4 Å². The summed E-state index contributed by atoms with van der Waals surface area (Å²) in [5.41, 5.74) is 6.35. The molecule has 2 heterocycles. The summed E-state index contributed by atoms with van der Waals surface area (Å²) in [6, 6.07) is 20.8. The third kappa shape index (κ3) is 3.07. The highest BCUT2D eigenvalue weighted by Gasteiger charge is 2.21. The van der Waals surface area contributed by atoms with Crippen molar-refractivity contribution in [1.82, 2.24) is 9.97 Å². The zero-order valence-electron chi connectivity index (χ0n) is 16.3. The highest BCUT2D eigenvalue weighted by atomic mass is 79.9. The Hall–Kier alpha value is -1.86. The Kier molecular flexibility index (Phi) is 5.10. The summed E-state index contributed by atoms with van der Waals surface area (Å²) in [4.78, 5) is 9.79. The predicted molar refractivity (Wildman–Crippen MR) is 147 cm³/mol. The molecule has 2 nitrogen and oxygen atoms in total. The van der Waals surface area contributed by atoms with E-state index in [2.05, 4.69) is 112 Å². The fourth-order valence-corrected chi connectivity index (χ4v) is 6.45. The van der Waals surface area contributed by atoms with Crippen molar-refractivity contribution in [3.8, 4) is 22.3 Å². The number of pyridine rings is 2. The Morgan fingerprint density at radius 1 is 0.469 bits per heavy atom. The number of hydrogen-bond acceptors (Lipinski definition) is 2. The fraction of sp³-hybridized carbons (Fsp3) is 0. The molecule has 0 saturated heterocycles. The molecule has 0 aliphatic heterocycles. The van der Waals surface area contributed by atoms with Gasteiger partial charge in [-0.25, -0.2) is 0 Å². The third-order valence-corrected chi connectivity index (χ3v) is 8.40. The lowest BCUT2D eigenvalue weighted by Gasteiger charge is -2.18. The normalized spacial score (nSPS) is 11.8. The third-order valence-electron chi connectivity index (χ3n) is 5.81. The Balaban J connectivity index is 1.82. The number of aromatic nitrogens is 2. The summed E-state index contributed by atoms with van der Waals surface area (Å²) in [6.45, 7) is 0. The van der Waals surface area contributed by atoms with E-state index >= 15 is 0 Å². The molecule has 0 aliphatic rings. The van der Waals surface area contributed by atoms with Gasteiger partial charge in [0.05, 0.1) is 11.0 Å². The maximum Gasteiger partial charge on any atom is 0.0858 e. The van der Waals surface area contributed by atoms with Gasteiger partial charge in [0, 0.05) is 51.8 Å². The van der Waals surface area contributed by atoms with Gasteiger partial charge in [-0.15, -0.1) is 0 Å². The van der Waals surface area contributed by atoms with Crippen LogP contribution >= 0.6 is 63.7 Å². The molecule has 32 heavy (non-hydrogen) atoms. The van der Waals surface area contributed by atoms with Crippen LogP contribution in [-0.4, -0.2) is 9.97 Å². The Morgan fingerprint density at radius 3 is 1.28 bits per heavy atom. The zero-order chi connectivity index (χ0) is 22.0. The molecule has 4 aromatic carbocycles. The largest absolute Gasteiger partial charge is 0.254 e. The first-order chi connectivity index (χ1) is 15.5. The van der Waals surface area contributed by atoms with Crippen molar-refractivity contribution in [1.29, 1.82) is 0 Å². The van der Waals surface area contributed by atoms with E-state index < -0.39 is 0 Å². The topological polar surface area (TPSA) is 25.8 Å². The van der Waals surface area contributed by atoms with E-state index in [0.717, 1.165) is 72.7 Å². The monoisotopic (exact) mass is 668 g/mol. The average Bonchev–Trinajstić information content (AvgIpc) is 2.80. The number of hydrogen-bond donors (Lipinski definition) is 0. The van der Waals surface area contributed by atoms with Gasteiger partial charge in [0.2, 0.25) is 0 Å². The molecule has 0 spiro atoms. The minimum absolute atomic E-state index is 0.937. The van der Waals surface area contributed by atoms with Crippen LogP contribution in [0, 0.1) is 0 Å². The summed E-state index contributed by atoms with van der Waals surface area (Å²) in [5.74, 6) is 0. The first-order valence-corrected chi connectivity index (χ1v) is 13.0. The second-order valence-electron chi connectivity index (χ2n) is 7.56. The van der Waals surface area contributed by atoms with Crippen molar-refractivity contribution in [2.75, 3.05) is 0 Å². The van der Waals surface area contributed by atoms with Crippen molar-refractivity contribution in [2.24, 2.45) is 0 Å². The van der Waals surface area contributed by atoms with Crippen molar-refractivity contribution in [3.63, 3.8) is 0 Å². The van der Waals surface area contributed by atoms with E-state index in [1.165, 1.54) is 0 Å². The summed E-state index contributed by atoms with van der Waals surface area (Å²) >= 11 is 15.0. The van der Waals surface area contributed by atoms with E-state index in [9.17, 15) is 0 Å². The van der Waals surface area contributed by atoms with Gasteiger partial charge in [-0.1, -0.05) is 68.3 Å². The summed E-state index contributed by atoms with van der Waals surface area (Å²) in [6.07, 6.45) is 3.94. The average molecular weight is 672 g/mol. The molecule has 0 radical (unpaired) electrons. The van der Waals surface area contributed by atoms with Crippen molar-refractivity contribution < 1.29 is 0 Å².